The van der Waals surface area contributed by atoms with Crippen molar-refractivity contribution in [1.82, 2.24) is 15.3 Å². The van der Waals surface area contributed by atoms with Crippen LogP contribution in [0.1, 0.15) is 63.2 Å². The zero-order valence-corrected chi connectivity index (χ0v) is 21.1. The van der Waals surface area contributed by atoms with E-state index in [1.807, 2.05) is 0 Å². The molecule has 7 N–H and O–H groups in total. The molecule has 11 nitrogen and oxygen atoms in total. The molecular weight excluding hydrogens is 476 g/mol. The Morgan fingerprint density at radius 3 is 2.59 bits per heavy atom. The summed E-state index contributed by atoms with van der Waals surface area (Å²) in [5.41, 5.74) is 8.07. The quantitative estimate of drug-likeness (QED) is 0.352. The molecule has 1 fully saturated rings. The third kappa shape index (κ3) is 6.59. The lowest BCUT2D eigenvalue weighted by Crippen LogP contribution is -2.37. The van der Waals surface area contributed by atoms with Crippen molar-refractivity contribution in [2.45, 2.75) is 63.5 Å². The molecule has 0 saturated heterocycles. The first-order valence-electron chi connectivity index (χ1n) is 12.9. The standard InChI is InChI=1S/C26H36N6O5/c1-37-26(36)29-17-10-11-18-21(12-17)30-20(25(34)35)5-3-2-4-19(23-28-14-22(18)31-23)32-24(33)16-8-6-15(13-27)7-9-16/h10-12,14-16,19-20,30H,2-9,13,27H2,1H3,(H,28,31)(H,29,36)(H,32,33)(H,34,35)/t15-,16-,19-,20+/m0/s1. The van der Waals surface area contributed by atoms with Gasteiger partial charge in [-0.25, -0.2) is 14.6 Å². The Hall–Kier alpha value is -3.60. The predicted octanol–water partition coefficient (Wildman–Crippen LogP) is 3.62. The van der Waals surface area contributed by atoms with Gasteiger partial charge in [-0.1, -0.05) is 12.8 Å². The molecule has 2 bridgehead atoms. The third-order valence-corrected chi connectivity index (χ3v) is 7.39. The number of benzene rings is 1. The van der Waals surface area contributed by atoms with E-state index < -0.39 is 18.1 Å². The van der Waals surface area contributed by atoms with Crippen LogP contribution in [-0.2, 0) is 14.3 Å². The average Bonchev–Trinajstić information content (AvgIpc) is 3.39. The predicted molar refractivity (Wildman–Crippen MR) is 139 cm³/mol. The molecule has 2 aromatic rings. The van der Waals surface area contributed by atoms with E-state index in [0.717, 1.165) is 32.1 Å². The Morgan fingerprint density at radius 1 is 1.14 bits per heavy atom. The molecule has 0 spiro atoms. The first kappa shape index (κ1) is 26.5. The number of hydrogen-bond acceptors (Lipinski definition) is 7. The summed E-state index contributed by atoms with van der Waals surface area (Å²) in [4.78, 5) is 44.8. The number of aromatic amines is 1. The number of methoxy groups -OCH3 is 1. The molecule has 1 saturated carbocycles. The first-order valence-corrected chi connectivity index (χ1v) is 12.9. The highest BCUT2D eigenvalue weighted by Gasteiger charge is 2.29. The van der Waals surface area contributed by atoms with Crippen LogP contribution in [0.4, 0.5) is 16.2 Å². The van der Waals surface area contributed by atoms with E-state index in [4.69, 9.17) is 10.7 Å². The van der Waals surface area contributed by atoms with Crippen molar-refractivity contribution in [1.29, 1.82) is 0 Å². The Kier molecular flexibility index (Phi) is 8.65. The van der Waals surface area contributed by atoms with Crippen molar-refractivity contribution in [3.63, 3.8) is 0 Å². The number of anilines is 2. The fraction of sp³-hybridized carbons (Fsp3) is 0.538. The zero-order chi connectivity index (χ0) is 26.4. The number of hydrogen-bond donors (Lipinski definition) is 6. The second-order valence-electron chi connectivity index (χ2n) is 9.88. The number of carbonyl (C=O) groups is 3. The van der Waals surface area contributed by atoms with Crippen LogP contribution in [0.15, 0.2) is 24.4 Å². The van der Waals surface area contributed by atoms with Crippen LogP contribution in [-0.4, -0.2) is 52.7 Å². The summed E-state index contributed by atoms with van der Waals surface area (Å²) in [6.45, 7) is 0.667. The Morgan fingerprint density at radius 2 is 1.89 bits per heavy atom. The SMILES string of the molecule is COC(=O)Nc1ccc2c(c1)N[C@@H](C(=O)O)CCCC[C@H](NC(=O)[C@H]1CC[C@H](CN)CC1)c1nc-2c[nH]1. The largest absolute Gasteiger partial charge is 0.480 e. The van der Waals surface area contributed by atoms with Gasteiger partial charge >= 0.3 is 12.1 Å². The molecule has 1 aliphatic carbocycles. The van der Waals surface area contributed by atoms with Gasteiger partial charge in [0.25, 0.3) is 0 Å². The van der Waals surface area contributed by atoms with Gasteiger partial charge in [0.1, 0.15) is 11.9 Å². The van der Waals surface area contributed by atoms with E-state index in [2.05, 4.69) is 25.7 Å². The zero-order valence-electron chi connectivity index (χ0n) is 21.1. The Labute approximate surface area is 215 Å². The smallest absolute Gasteiger partial charge is 0.411 e. The molecule has 0 radical (unpaired) electrons. The van der Waals surface area contributed by atoms with Crippen LogP contribution in [0.2, 0.25) is 0 Å². The summed E-state index contributed by atoms with van der Waals surface area (Å²) in [6.07, 6.45) is 7.18. The molecule has 2 amide bonds. The van der Waals surface area contributed by atoms with Crippen LogP contribution in [0.5, 0.6) is 0 Å². The number of nitrogens with one attached hydrogen (secondary N) is 4. The third-order valence-electron chi connectivity index (χ3n) is 7.39. The van der Waals surface area contributed by atoms with Gasteiger partial charge in [-0.05, 0) is 69.2 Å². The number of carbonyl (C=O) groups excluding carboxylic acids is 2. The van der Waals surface area contributed by atoms with Gasteiger partial charge in [0.15, 0.2) is 0 Å². The number of aliphatic carboxylic acids is 1. The topological polar surface area (TPSA) is 171 Å². The lowest BCUT2D eigenvalue weighted by atomic mass is 9.81. The molecule has 200 valence electrons. The fourth-order valence-corrected chi connectivity index (χ4v) is 5.16. The highest BCUT2D eigenvalue weighted by atomic mass is 16.5. The van der Waals surface area contributed by atoms with Crippen molar-refractivity contribution in [2.24, 2.45) is 17.6 Å². The molecule has 2 heterocycles. The van der Waals surface area contributed by atoms with Crippen molar-refractivity contribution >= 4 is 29.3 Å². The van der Waals surface area contributed by atoms with Crippen LogP contribution in [0.3, 0.4) is 0 Å². The summed E-state index contributed by atoms with van der Waals surface area (Å²) in [5.74, 6) is 0.208. The summed E-state index contributed by atoms with van der Waals surface area (Å²) in [7, 11) is 1.27. The second kappa shape index (κ2) is 12.1. The highest BCUT2D eigenvalue weighted by Crippen LogP contribution is 2.34. The minimum atomic E-state index is -0.963. The number of imidazole rings is 1. The normalized spacial score (nSPS) is 23.8. The molecule has 2 aliphatic rings. The van der Waals surface area contributed by atoms with Crippen LogP contribution >= 0.6 is 0 Å². The molecule has 2 atom stereocenters. The van der Waals surface area contributed by atoms with E-state index in [1.165, 1.54) is 7.11 Å². The summed E-state index contributed by atoms with van der Waals surface area (Å²) >= 11 is 0. The lowest BCUT2D eigenvalue weighted by Gasteiger charge is -2.28. The first-order chi connectivity index (χ1) is 17.9. The number of aromatic nitrogens is 2. The maximum atomic E-state index is 13.1. The Balaban J connectivity index is 1.60. The maximum absolute atomic E-state index is 13.1. The molecule has 11 heteroatoms. The van der Waals surface area contributed by atoms with E-state index in [0.29, 0.717) is 60.2 Å². The minimum Gasteiger partial charge on any atom is -0.480 e. The average molecular weight is 513 g/mol. The monoisotopic (exact) mass is 512 g/mol. The van der Waals surface area contributed by atoms with Gasteiger partial charge < -0.3 is 31.2 Å². The number of carboxylic acids is 1. The van der Waals surface area contributed by atoms with Gasteiger partial charge in [-0.15, -0.1) is 0 Å². The lowest BCUT2D eigenvalue weighted by molar-refractivity contribution is -0.138. The van der Waals surface area contributed by atoms with Gasteiger partial charge in [0.2, 0.25) is 5.91 Å². The van der Waals surface area contributed by atoms with Crippen molar-refractivity contribution < 1.29 is 24.2 Å². The second-order valence-corrected chi connectivity index (χ2v) is 9.88. The van der Waals surface area contributed by atoms with Gasteiger partial charge in [0, 0.05) is 29.1 Å². The van der Waals surface area contributed by atoms with E-state index in [-0.39, 0.29) is 17.9 Å². The van der Waals surface area contributed by atoms with Crippen molar-refractivity contribution in [3.05, 3.63) is 30.2 Å². The van der Waals surface area contributed by atoms with E-state index in [9.17, 15) is 19.5 Å². The van der Waals surface area contributed by atoms with Gasteiger partial charge in [-0.3, -0.25) is 10.1 Å². The molecule has 1 aromatic heterocycles. The minimum absolute atomic E-state index is 0.0272. The number of carboxylic acid groups (broad SMARTS) is 1. The summed E-state index contributed by atoms with van der Waals surface area (Å²) in [5, 5.41) is 18.8. The molecule has 37 heavy (non-hydrogen) atoms. The number of ether oxygens (including phenoxy) is 1. The summed E-state index contributed by atoms with van der Waals surface area (Å²) in [6, 6.07) is 4.01. The number of nitrogens with zero attached hydrogens (tertiary/aromatic N) is 1. The van der Waals surface area contributed by atoms with Crippen molar-refractivity contribution in [2.75, 3.05) is 24.3 Å². The summed E-state index contributed by atoms with van der Waals surface area (Å²) < 4.78 is 4.67. The van der Waals surface area contributed by atoms with Crippen LogP contribution < -0.4 is 21.7 Å². The van der Waals surface area contributed by atoms with Gasteiger partial charge in [0.05, 0.1) is 18.8 Å². The number of H-pyrrole nitrogens is 1. The molecule has 4 rings (SSSR count). The number of nitrogens with two attached hydrogens (primary N) is 1. The van der Waals surface area contributed by atoms with Crippen molar-refractivity contribution in [3.8, 4) is 11.3 Å². The highest BCUT2D eigenvalue weighted by molar-refractivity contribution is 5.89. The van der Waals surface area contributed by atoms with E-state index in [1.54, 1.807) is 24.4 Å². The molecule has 1 aliphatic heterocycles. The van der Waals surface area contributed by atoms with Crippen LogP contribution in [0.25, 0.3) is 11.3 Å². The molecule has 0 unspecified atom stereocenters. The number of rotatable bonds is 5. The maximum Gasteiger partial charge on any atom is 0.411 e. The Bertz CT molecular complexity index is 1110. The molecule has 1 aromatic carbocycles. The number of amides is 2. The van der Waals surface area contributed by atoms with Crippen LogP contribution in [0, 0.1) is 11.8 Å². The molecular formula is C26H36N6O5. The number of fused-ring (bicyclic) bond motifs is 4. The fourth-order valence-electron chi connectivity index (χ4n) is 5.16. The van der Waals surface area contributed by atoms with Gasteiger partial charge in [-0.2, -0.15) is 0 Å². The van der Waals surface area contributed by atoms with E-state index >= 15 is 0 Å².